The van der Waals surface area contributed by atoms with Gasteiger partial charge in [0.25, 0.3) is 0 Å². The zero-order valence-corrected chi connectivity index (χ0v) is 17.6. The summed E-state index contributed by atoms with van der Waals surface area (Å²) in [6.07, 6.45) is 0. The van der Waals surface area contributed by atoms with Crippen LogP contribution in [0.4, 0.5) is 0 Å². The second-order valence-corrected chi connectivity index (χ2v) is 9.74. The summed E-state index contributed by atoms with van der Waals surface area (Å²) in [7, 11) is -0.690. The fourth-order valence-corrected chi connectivity index (χ4v) is 5.09. The highest BCUT2D eigenvalue weighted by Crippen LogP contribution is 2.24. The first-order valence-corrected chi connectivity index (χ1v) is 11.0. The van der Waals surface area contributed by atoms with Gasteiger partial charge in [-0.2, -0.15) is 9.29 Å². The Morgan fingerprint density at radius 1 is 1.21 bits per heavy atom. The molecule has 0 saturated carbocycles. The molecule has 0 unspecified atom stereocenters. The molecule has 4 rings (SSSR count). The van der Waals surface area contributed by atoms with Crippen LogP contribution in [0.15, 0.2) is 56.7 Å². The average Bonchev–Trinajstić information content (AvgIpc) is 3.26. The second kappa shape index (κ2) is 7.21. The summed E-state index contributed by atoms with van der Waals surface area (Å²) in [5.74, 6) is 0.600. The zero-order chi connectivity index (χ0) is 20.8. The maximum Gasteiger partial charge on any atom is 0.307 e. The third-order valence-corrected chi connectivity index (χ3v) is 7.37. The van der Waals surface area contributed by atoms with Crippen LogP contribution < -0.4 is 4.87 Å². The maximum atomic E-state index is 12.9. The van der Waals surface area contributed by atoms with E-state index in [1.54, 1.807) is 13.1 Å². The lowest BCUT2D eigenvalue weighted by Gasteiger charge is -2.15. The van der Waals surface area contributed by atoms with E-state index < -0.39 is 10.0 Å². The Hall–Kier alpha value is -2.82. The number of thiazole rings is 1. The lowest BCUT2D eigenvalue weighted by atomic mass is 10.1. The molecule has 8 nitrogen and oxygen atoms in total. The van der Waals surface area contributed by atoms with Crippen LogP contribution in [0.5, 0.6) is 0 Å². The predicted octanol–water partition coefficient (Wildman–Crippen LogP) is 2.78. The van der Waals surface area contributed by atoms with E-state index in [0.717, 1.165) is 26.8 Å². The first-order valence-electron chi connectivity index (χ1n) is 8.71. The summed E-state index contributed by atoms with van der Waals surface area (Å²) in [6.45, 7) is 1.90. The van der Waals surface area contributed by atoms with Crippen molar-refractivity contribution in [2.45, 2.75) is 18.4 Å². The molecule has 2 heterocycles. The number of hydrogen-bond donors (Lipinski definition) is 0. The average molecular weight is 431 g/mol. The fraction of sp³-hybridized carbons (Fsp3) is 0.211. The van der Waals surface area contributed by atoms with Crippen LogP contribution >= 0.6 is 11.3 Å². The van der Waals surface area contributed by atoms with E-state index in [1.165, 1.54) is 23.7 Å². The van der Waals surface area contributed by atoms with Crippen LogP contribution in [0, 0.1) is 6.92 Å². The van der Waals surface area contributed by atoms with Gasteiger partial charge in [0.15, 0.2) is 0 Å². The van der Waals surface area contributed by atoms with Crippen molar-refractivity contribution in [1.82, 2.24) is 19.0 Å². The Labute approximate surface area is 171 Å². The summed E-state index contributed by atoms with van der Waals surface area (Å²) in [6, 6.07) is 12.3. The normalized spacial score (nSPS) is 12.1. The lowest BCUT2D eigenvalue weighted by molar-refractivity contribution is 0.337. The van der Waals surface area contributed by atoms with Crippen molar-refractivity contribution >= 4 is 31.6 Å². The van der Waals surface area contributed by atoms with Gasteiger partial charge in [0.05, 0.1) is 21.7 Å². The molecular weight excluding hydrogens is 412 g/mol. The molecule has 2 aromatic carbocycles. The van der Waals surface area contributed by atoms with Crippen molar-refractivity contribution in [3.63, 3.8) is 0 Å². The number of rotatable bonds is 5. The molecule has 29 heavy (non-hydrogen) atoms. The molecule has 0 radical (unpaired) electrons. The minimum Gasteiger partial charge on any atom is -0.338 e. The number of aromatic nitrogens is 3. The lowest BCUT2D eigenvalue weighted by Crippen LogP contribution is -2.26. The minimum absolute atomic E-state index is 0.0653. The summed E-state index contributed by atoms with van der Waals surface area (Å²) in [5.41, 5.74) is 2.56. The van der Waals surface area contributed by atoms with E-state index in [2.05, 4.69) is 10.1 Å². The van der Waals surface area contributed by atoms with Gasteiger partial charge in [-0.05, 0) is 31.2 Å². The fourth-order valence-electron chi connectivity index (χ4n) is 2.95. The van der Waals surface area contributed by atoms with Gasteiger partial charge in [-0.15, -0.1) is 0 Å². The van der Waals surface area contributed by atoms with Gasteiger partial charge in [0.2, 0.25) is 21.7 Å². The Balaban J connectivity index is 1.59. The highest BCUT2D eigenvalue weighted by atomic mass is 32.2. The van der Waals surface area contributed by atoms with Crippen molar-refractivity contribution in [1.29, 1.82) is 0 Å². The topological polar surface area (TPSA) is 98.3 Å². The highest BCUT2D eigenvalue weighted by molar-refractivity contribution is 7.89. The number of aryl methyl sites for hydroxylation is 2. The first-order chi connectivity index (χ1) is 13.8. The molecule has 0 fully saturated rings. The molecule has 10 heteroatoms. The van der Waals surface area contributed by atoms with E-state index in [4.69, 9.17) is 4.52 Å². The summed E-state index contributed by atoms with van der Waals surface area (Å²) < 4.78 is 34.4. The molecule has 0 spiro atoms. The van der Waals surface area contributed by atoms with E-state index in [1.807, 2.05) is 31.2 Å². The molecule has 0 aliphatic carbocycles. The van der Waals surface area contributed by atoms with E-state index in [0.29, 0.717) is 16.0 Å². The van der Waals surface area contributed by atoms with E-state index >= 15 is 0 Å². The summed E-state index contributed by atoms with van der Waals surface area (Å²) >= 11 is 1.01. The minimum atomic E-state index is -3.79. The van der Waals surface area contributed by atoms with Gasteiger partial charge in [-0.25, -0.2) is 8.42 Å². The largest absolute Gasteiger partial charge is 0.338 e. The Bertz CT molecular complexity index is 1370. The monoisotopic (exact) mass is 430 g/mol. The van der Waals surface area contributed by atoms with Crippen molar-refractivity contribution < 1.29 is 12.9 Å². The van der Waals surface area contributed by atoms with Gasteiger partial charge >= 0.3 is 4.87 Å². The van der Waals surface area contributed by atoms with Crippen molar-refractivity contribution in [3.8, 4) is 11.4 Å². The van der Waals surface area contributed by atoms with Gasteiger partial charge in [-0.1, -0.05) is 40.3 Å². The van der Waals surface area contributed by atoms with Crippen LogP contribution in [0.2, 0.25) is 0 Å². The predicted molar refractivity (Wildman–Crippen MR) is 110 cm³/mol. The highest BCUT2D eigenvalue weighted by Gasteiger charge is 2.24. The number of nitrogens with zero attached hydrogens (tertiary/aromatic N) is 4. The third-order valence-electron chi connectivity index (χ3n) is 4.57. The molecule has 0 aliphatic heterocycles. The molecule has 0 N–H and O–H groups in total. The van der Waals surface area contributed by atoms with Crippen LogP contribution in [0.25, 0.3) is 21.6 Å². The standard InChI is InChI=1S/C19H18N4O4S2/c1-12-5-4-6-13(9-12)18-20-17(27-21-18)11-22(2)29(25,26)14-7-8-15-16(10-14)28-19(24)23(15)3/h4-10H,11H2,1-3H3. The van der Waals surface area contributed by atoms with Gasteiger partial charge in [-0.3, -0.25) is 4.79 Å². The summed E-state index contributed by atoms with van der Waals surface area (Å²) in [4.78, 5) is 16.1. The molecule has 4 aromatic rings. The third kappa shape index (κ3) is 3.61. The van der Waals surface area contributed by atoms with Crippen LogP contribution in [0.1, 0.15) is 11.5 Å². The van der Waals surface area contributed by atoms with Gasteiger partial charge < -0.3 is 9.09 Å². The van der Waals surface area contributed by atoms with Crippen molar-refractivity contribution in [2.75, 3.05) is 7.05 Å². The van der Waals surface area contributed by atoms with Crippen LogP contribution in [-0.2, 0) is 23.6 Å². The van der Waals surface area contributed by atoms with Crippen molar-refractivity contribution in [3.05, 3.63) is 63.6 Å². The molecule has 0 amide bonds. The van der Waals surface area contributed by atoms with E-state index in [-0.39, 0.29) is 22.2 Å². The Morgan fingerprint density at radius 2 is 2.00 bits per heavy atom. The second-order valence-electron chi connectivity index (χ2n) is 6.70. The summed E-state index contributed by atoms with van der Waals surface area (Å²) in [5, 5.41) is 3.95. The smallest absolute Gasteiger partial charge is 0.307 e. The molecule has 0 atom stereocenters. The Morgan fingerprint density at radius 3 is 2.76 bits per heavy atom. The maximum absolute atomic E-state index is 12.9. The number of sulfonamides is 1. The molecule has 150 valence electrons. The number of fused-ring (bicyclic) bond motifs is 1. The zero-order valence-electron chi connectivity index (χ0n) is 16.0. The van der Waals surface area contributed by atoms with E-state index in [9.17, 15) is 13.2 Å². The Kier molecular flexibility index (Phi) is 4.85. The number of hydrogen-bond acceptors (Lipinski definition) is 7. The SMILES string of the molecule is Cc1cccc(-c2noc(CN(C)S(=O)(=O)c3ccc4c(c3)sc(=O)n4C)n2)c1. The van der Waals surface area contributed by atoms with Crippen LogP contribution in [0.3, 0.4) is 0 Å². The quantitative estimate of drug-likeness (QED) is 0.483. The van der Waals surface area contributed by atoms with Gasteiger partial charge in [0, 0.05) is 19.7 Å². The van der Waals surface area contributed by atoms with Crippen molar-refractivity contribution in [2.24, 2.45) is 7.05 Å². The van der Waals surface area contributed by atoms with Crippen LogP contribution in [-0.4, -0.2) is 34.5 Å². The molecule has 0 bridgehead atoms. The van der Waals surface area contributed by atoms with Gasteiger partial charge in [0.1, 0.15) is 0 Å². The molecule has 0 saturated heterocycles. The first kappa shape index (κ1) is 19.5. The molecule has 0 aliphatic rings. The number of benzene rings is 2. The molecule has 2 aromatic heterocycles. The molecular formula is C19H18N4O4S2.